The van der Waals surface area contributed by atoms with Crippen molar-refractivity contribution in [2.45, 2.75) is 32.1 Å². The van der Waals surface area contributed by atoms with Crippen LogP contribution in [0, 0.1) is 0 Å². The first kappa shape index (κ1) is 13.9. The monoisotopic (exact) mass is 275 g/mol. The minimum absolute atomic E-state index is 0.101. The summed E-state index contributed by atoms with van der Waals surface area (Å²) in [4.78, 5) is 4.08. The van der Waals surface area contributed by atoms with E-state index in [9.17, 15) is 0 Å². The van der Waals surface area contributed by atoms with E-state index in [0.717, 1.165) is 11.3 Å². The highest BCUT2D eigenvalue weighted by molar-refractivity contribution is 6.17. The van der Waals surface area contributed by atoms with Crippen LogP contribution in [0.1, 0.15) is 31.9 Å². The van der Waals surface area contributed by atoms with Gasteiger partial charge in [0.1, 0.15) is 11.5 Å². The lowest BCUT2D eigenvalue weighted by Crippen LogP contribution is -2.10. The lowest BCUT2D eigenvalue weighted by atomic mass is 9.87. The molecule has 2 nitrogen and oxygen atoms in total. The quantitative estimate of drug-likeness (QED) is 0.743. The van der Waals surface area contributed by atoms with Gasteiger partial charge in [-0.05, 0) is 29.2 Å². The van der Waals surface area contributed by atoms with Gasteiger partial charge < -0.3 is 4.74 Å². The minimum Gasteiger partial charge on any atom is -0.455 e. The van der Waals surface area contributed by atoms with Gasteiger partial charge in [0.15, 0.2) is 0 Å². The maximum absolute atomic E-state index is 5.89. The predicted molar refractivity (Wildman–Crippen MR) is 79.0 cm³/mol. The maximum atomic E-state index is 5.89. The molecule has 0 aliphatic heterocycles. The van der Waals surface area contributed by atoms with Crippen molar-refractivity contribution < 1.29 is 4.74 Å². The molecule has 0 aliphatic rings. The van der Waals surface area contributed by atoms with E-state index in [4.69, 9.17) is 16.3 Å². The summed E-state index contributed by atoms with van der Waals surface area (Å²) in [5.41, 5.74) is 2.28. The average molecular weight is 276 g/mol. The van der Waals surface area contributed by atoms with E-state index in [0.29, 0.717) is 11.6 Å². The number of halogens is 1. The van der Waals surface area contributed by atoms with Crippen molar-refractivity contribution in [1.82, 2.24) is 4.98 Å². The van der Waals surface area contributed by atoms with Gasteiger partial charge >= 0.3 is 0 Å². The fraction of sp³-hybridized carbons (Fsp3) is 0.312. The Morgan fingerprint density at radius 2 is 2.00 bits per heavy atom. The molecule has 0 saturated carbocycles. The van der Waals surface area contributed by atoms with Gasteiger partial charge in [-0.15, -0.1) is 11.6 Å². The third-order valence-corrected chi connectivity index (χ3v) is 3.23. The number of hydrogen-bond donors (Lipinski definition) is 0. The molecule has 0 atom stereocenters. The molecule has 0 fully saturated rings. The van der Waals surface area contributed by atoms with E-state index >= 15 is 0 Å². The molecular weight excluding hydrogens is 258 g/mol. The zero-order chi connectivity index (χ0) is 13.9. The van der Waals surface area contributed by atoms with E-state index in [2.05, 4.69) is 37.9 Å². The topological polar surface area (TPSA) is 22.1 Å². The molecule has 0 spiro atoms. The lowest BCUT2D eigenvalue weighted by Gasteiger charge is -2.20. The summed E-state index contributed by atoms with van der Waals surface area (Å²) in [6.07, 6.45) is 3.41. The Hall–Kier alpha value is -1.54. The molecule has 1 aromatic heterocycles. The number of pyridine rings is 1. The summed E-state index contributed by atoms with van der Waals surface area (Å²) in [6, 6.07) is 9.99. The van der Waals surface area contributed by atoms with Crippen LogP contribution in [0.3, 0.4) is 0 Å². The highest BCUT2D eigenvalue weighted by Gasteiger charge is 2.14. The Morgan fingerprint density at radius 1 is 1.21 bits per heavy atom. The summed E-state index contributed by atoms with van der Waals surface area (Å²) in [5, 5.41) is 0. The fourth-order valence-electron chi connectivity index (χ4n) is 1.76. The van der Waals surface area contributed by atoms with Crippen LogP contribution in [0.4, 0.5) is 0 Å². The zero-order valence-electron chi connectivity index (χ0n) is 11.5. The Bertz CT molecular complexity index is 561. The molecule has 0 N–H and O–H groups in total. The number of rotatable bonds is 3. The number of benzene rings is 1. The van der Waals surface area contributed by atoms with Gasteiger partial charge in [0, 0.05) is 11.8 Å². The van der Waals surface area contributed by atoms with Crippen molar-refractivity contribution in [2.75, 3.05) is 0 Å². The van der Waals surface area contributed by atoms with Gasteiger partial charge in [-0.25, -0.2) is 0 Å². The molecule has 19 heavy (non-hydrogen) atoms. The summed E-state index contributed by atoms with van der Waals surface area (Å²) in [7, 11) is 0. The Labute approximate surface area is 119 Å². The molecule has 3 heteroatoms. The van der Waals surface area contributed by atoms with Crippen LogP contribution in [-0.2, 0) is 11.3 Å². The number of hydrogen-bond acceptors (Lipinski definition) is 2. The van der Waals surface area contributed by atoms with Gasteiger partial charge in [-0.2, -0.15) is 0 Å². The van der Waals surface area contributed by atoms with Crippen LogP contribution >= 0.6 is 11.6 Å². The van der Waals surface area contributed by atoms with Crippen molar-refractivity contribution in [2.24, 2.45) is 0 Å². The average Bonchev–Trinajstić information content (AvgIpc) is 2.39. The molecule has 0 amide bonds. The smallest absolute Gasteiger partial charge is 0.150 e. The normalized spacial score (nSPS) is 11.4. The highest BCUT2D eigenvalue weighted by Crippen LogP contribution is 2.29. The molecule has 2 rings (SSSR count). The third kappa shape index (κ3) is 3.48. The van der Waals surface area contributed by atoms with Crippen LogP contribution in [-0.4, -0.2) is 4.98 Å². The van der Waals surface area contributed by atoms with Crippen molar-refractivity contribution in [1.29, 1.82) is 0 Å². The first-order valence-corrected chi connectivity index (χ1v) is 6.81. The van der Waals surface area contributed by atoms with Gasteiger partial charge in [-0.1, -0.05) is 32.9 Å². The summed E-state index contributed by atoms with van der Waals surface area (Å²) in [5.74, 6) is 1.94. The molecule has 2 aromatic rings. The van der Waals surface area contributed by atoms with Crippen molar-refractivity contribution in [3.05, 3.63) is 53.9 Å². The predicted octanol–water partition coefficient (Wildman–Crippen LogP) is 4.91. The van der Waals surface area contributed by atoms with E-state index in [-0.39, 0.29) is 5.41 Å². The van der Waals surface area contributed by atoms with Crippen LogP contribution in [0.25, 0.3) is 0 Å². The Kier molecular flexibility index (Phi) is 4.11. The molecule has 100 valence electrons. The maximum Gasteiger partial charge on any atom is 0.150 e. The number of nitrogens with zero attached hydrogens (tertiary/aromatic N) is 1. The minimum atomic E-state index is 0.101. The second-order valence-electron chi connectivity index (χ2n) is 5.50. The second kappa shape index (κ2) is 5.62. The first-order chi connectivity index (χ1) is 9.00. The number of ether oxygens (including phenoxy) is 1. The zero-order valence-corrected chi connectivity index (χ0v) is 12.2. The largest absolute Gasteiger partial charge is 0.455 e. The van der Waals surface area contributed by atoms with Gasteiger partial charge in [0.2, 0.25) is 0 Å². The molecule has 0 aliphatic carbocycles. The summed E-state index contributed by atoms with van der Waals surface area (Å²) < 4.78 is 5.89. The molecule has 0 saturated heterocycles. The number of aromatic nitrogens is 1. The van der Waals surface area contributed by atoms with E-state index in [1.807, 2.05) is 18.2 Å². The van der Waals surface area contributed by atoms with Crippen LogP contribution in [0.2, 0.25) is 0 Å². The Morgan fingerprint density at radius 3 is 2.68 bits per heavy atom. The van der Waals surface area contributed by atoms with E-state index in [1.165, 1.54) is 5.56 Å². The molecule has 1 heterocycles. The SMILES string of the molecule is CC(C)(C)c1cccc(Oc2cnccc2CCl)c1. The third-order valence-electron chi connectivity index (χ3n) is 2.94. The van der Waals surface area contributed by atoms with Crippen LogP contribution in [0.15, 0.2) is 42.7 Å². The molecule has 0 bridgehead atoms. The first-order valence-electron chi connectivity index (χ1n) is 6.28. The molecular formula is C16H18ClNO. The summed E-state index contributed by atoms with van der Waals surface area (Å²) >= 11 is 5.89. The standard InChI is InChI=1S/C16H18ClNO/c1-16(2,3)13-5-4-6-14(9-13)19-15-11-18-8-7-12(15)10-17/h4-9,11H,10H2,1-3H3. The number of alkyl halides is 1. The Balaban J connectivity index is 2.29. The van der Waals surface area contributed by atoms with Gasteiger partial charge in [-0.3, -0.25) is 4.98 Å². The second-order valence-corrected chi connectivity index (χ2v) is 5.76. The molecule has 0 radical (unpaired) electrons. The van der Waals surface area contributed by atoms with Crippen LogP contribution in [0.5, 0.6) is 11.5 Å². The van der Waals surface area contributed by atoms with Gasteiger partial charge in [0.25, 0.3) is 0 Å². The van der Waals surface area contributed by atoms with Crippen molar-refractivity contribution in [3.63, 3.8) is 0 Å². The lowest BCUT2D eigenvalue weighted by molar-refractivity contribution is 0.472. The van der Waals surface area contributed by atoms with E-state index < -0.39 is 0 Å². The van der Waals surface area contributed by atoms with Gasteiger partial charge in [0.05, 0.1) is 12.1 Å². The molecule has 1 aromatic carbocycles. The fourth-order valence-corrected chi connectivity index (χ4v) is 1.98. The van der Waals surface area contributed by atoms with Crippen molar-refractivity contribution >= 4 is 11.6 Å². The summed E-state index contributed by atoms with van der Waals surface area (Å²) in [6.45, 7) is 6.54. The van der Waals surface area contributed by atoms with E-state index in [1.54, 1.807) is 12.4 Å². The highest BCUT2D eigenvalue weighted by atomic mass is 35.5. The molecule has 0 unspecified atom stereocenters. The van der Waals surface area contributed by atoms with Crippen molar-refractivity contribution in [3.8, 4) is 11.5 Å². The van der Waals surface area contributed by atoms with Crippen LogP contribution < -0.4 is 4.74 Å².